The monoisotopic (exact) mass is 458 g/mol. The molecule has 1 aliphatic carbocycles. The van der Waals surface area contributed by atoms with Crippen LogP contribution < -0.4 is 15.4 Å². The maximum atomic E-state index is 12.6. The van der Waals surface area contributed by atoms with Gasteiger partial charge in [0, 0.05) is 31.4 Å². The molecule has 9 heteroatoms. The van der Waals surface area contributed by atoms with Crippen LogP contribution in [0.1, 0.15) is 38.2 Å². The lowest BCUT2D eigenvalue weighted by atomic mass is 9.81. The van der Waals surface area contributed by atoms with Crippen LogP contribution in [-0.2, 0) is 26.2 Å². The van der Waals surface area contributed by atoms with E-state index in [-0.39, 0.29) is 28.5 Å². The molecule has 1 aromatic carbocycles. The molecule has 172 valence electrons. The second kappa shape index (κ2) is 11.2. The lowest BCUT2D eigenvalue weighted by Crippen LogP contribution is -2.47. The van der Waals surface area contributed by atoms with Gasteiger partial charge in [-0.05, 0) is 68.4 Å². The van der Waals surface area contributed by atoms with Gasteiger partial charge < -0.3 is 10.6 Å². The first-order chi connectivity index (χ1) is 15.3. The first kappa shape index (κ1) is 23.9. The summed E-state index contributed by atoms with van der Waals surface area (Å²) < 4.78 is 27.4. The van der Waals surface area contributed by atoms with Gasteiger partial charge in [-0.25, -0.2) is 13.1 Å². The predicted molar refractivity (Wildman–Crippen MR) is 121 cm³/mol. The summed E-state index contributed by atoms with van der Waals surface area (Å²) in [5.74, 6) is -0.329. The molecule has 1 aromatic heterocycles. The highest BCUT2D eigenvalue weighted by molar-refractivity contribution is 7.89. The van der Waals surface area contributed by atoms with Crippen molar-refractivity contribution in [2.24, 2.45) is 11.8 Å². The first-order valence-electron chi connectivity index (χ1n) is 10.9. The minimum absolute atomic E-state index is 0.125. The number of carbonyl (C=O) groups is 2. The molecule has 0 saturated heterocycles. The summed E-state index contributed by atoms with van der Waals surface area (Å²) in [6, 6.07) is 11.3. The van der Waals surface area contributed by atoms with Crippen LogP contribution in [0.15, 0.2) is 59.8 Å². The number of aromatic nitrogens is 1. The molecule has 1 aliphatic rings. The maximum absolute atomic E-state index is 12.6. The van der Waals surface area contributed by atoms with Crippen LogP contribution in [0.3, 0.4) is 0 Å². The van der Waals surface area contributed by atoms with Gasteiger partial charge in [0.2, 0.25) is 21.8 Å². The summed E-state index contributed by atoms with van der Waals surface area (Å²) in [5, 5.41) is 5.62. The number of sulfonamides is 1. The number of nitrogens with zero attached hydrogens (tertiary/aromatic N) is 1. The van der Waals surface area contributed by atoms with Crippen molar-refractivity contribution in [2.45, 2.75) is 50.1 Å². The number of hydrogen-bond acceptors (Lipinski definition) is 5. The Bertz CT molecular complexity index is 991. The lowest BCUT2D eigenvalue weighted by molar-refractivity contribution is -0.131. The molecular formula is C23H30N4O4S. The van der Waals surface area contributed by atoms with E-state index in [1.54, 1.807) is 49.6 Å². The normalized spacial score (nSPS) is 19.7. The van der Waals surface area contributed by atoms with Crippen molar-refractivity contribution < 1.29 is 18.0 Å². The van der Waals surface area contributed by atoms with Gasteiger partial charge in [-0.15, -0.1) is 0 Å². The number of rotatable bonds is 9. The molecule has 1 unspecified atom stereocenters. The third kappa shape index (κ3) is 6.86. The number of carbonyl (C=O) groups excluding carboxylic acids is 2. The molecule has 1 heterocycles. The minimum atomic E-state index is -3.52. The van der Waals surface area contributed by atoms with E-state index >= 15 is 0 Å². The van der Waals surface area contributed by atoms with E-state index in [0.717, 1.165) is 18.4 Å². The molecule has 1 atom stereocenters. The van der Waals surface area contributed by atoms with E-state index in [0.29, 0.717) is 25.9 Å². The van der Waals surface area contributed by atoms with Gasteiger partial charge >= 0.3 is 0 Å². The Kier molecular flexibility index (Phi) is 8.35. The number of benzene rings is 1. The smallest absolute Gasteiger partial charge is 0.242 e. The summed E-state index contributed by atoms with van der Waals surface area (Å²) in [4.78, 5) is 29.1. The van der Waals surface area contributed by atoms with Crippen LogP contribution >= 0.6 is 0 Å². The zero-order valence-corrected chi connectivity index (χ0v) is 19.0. The predicted octanol–water partition coefficient (Wildman–Crippen LogP) is 1.99. The summed E-state index contributed by atoms with van der Waals surface area (Å²) >= 11 is 0. The third-order valence-electron chi connectivity index (χ3n) is 5.80. The van der Waals surface area contributed by atoms with Gasteiger partial charge in [-0.2, -0.15) is 0 Å². The van der Waals surface area contributed by atoms with Crippen LogP contribution in [0, 0.1) is 11.8 Å². The topological polar surface area (TPSA) is 117 Å². The average molecular weight is 459 g/mol. The highest BCUT2D eigenvalue weighted by atomic mass is 32.2. The summed E-state index contributed by atoms with van der Waals surface area (Å²) in [5.41, 5.74) is 0.938. The molecule has 32 heavy (non-hydrogen) atoms. The van der Waals surface area contributed by atoms with Crippen molar-refractivity contribution >= 4 is 21.8 Å². The van der Waals surface area contributed by atoms with Crippen LogP contribution in [0.5, 0.6) is 0 Å². The van der Waals surface area contributed by atoms with Crippen LogP contribution in [0.4, 0.5) is 0 Å². The second-order valence-corrected chi connectivity index (χ2v) is 9.95. The van der Waals surface area contributed by atoms with E-state index in [1.807, 2.05) is 12.1 Å². The molecule has 0 radical (unpaired) electrons. The second-order valence-electron chi connectivity index (χ2n) is 8.19. The number of amides is 2. The van der Waals surface area contributed by atoms with Gasteiger partial charge in [0.25, 0.3) is 0 Å². The Morgan fingerprint density at radius 3 is 2.34 bits per heavy atom. The number of hydrogen-bond donors (Lipinski definition) is 3. The fourth-order valence-electron chi connectivity index (χ4n) is 3.78. The zero-order chi connectivity index (χ0) is 23.0. The van der Waals surface area contributed by atoms with E-state index in [1.165, 1.54) is 0 Å². The van der Waals surface area contributed by atoms with Crippen LogP contribution in [0.2, 0.25) is 0 Å². The molecule has 0 spiro atoms. The quantitative estimate of drug-likeness (QED) is 0.531. The molecule has 3 N–H and O–H groups in total. The van der Waals surface area contributed by atoms with E-state index in [2.05, 4.69) is 20.3 Å². The standard InChI is InChI=1S/C23H30N4O4S/c1-17(22(28)25-15-19-11-13-24-14-12-19)27-23(29)20-9-7-18(8-10-20)16-26-32(30,31)21-5-3-2-4-6-21/h2-6,11-14,17-18,20,26H,7-10,15-16H2,1H3,(H,25,28)(H,27,29). The Balaban J connectivity index is 1.38. The highest BCUT2D eigenvalue weighted by Gasteiger charge is 2.28. The lowest BCUT2D eigenvalue weighted by Gasteiger charge is -2.28. The van der Waals surface area contributed by atoms with E-state index < -0.39 is 16.1 Å². The average Bonchev–Trinajstić information content (AvgIpc) is 2.82. The number of nitrogens with one attached hydrogen (secondary N) is 3. The molecule has 8 nitrogen and oxygen atoms in total. The van der Waals surface area contributed by atoms with Gasteiger partial charge in [-0.1, -0.05) is 18.2 Å². The first-order valence-corrected chi connectivity index (χ1v) is 12.3. The van der Waals surface area contributed by atoms with Crippen LogP contribution in [0.25, 0.3) is 0 Å². The van der Waals surface area contributed by atoms with Crippen molar-refractivity contribution in [3.05, 3.63) is 60.4 Å². The van der Waals surface area contributed by atoms with Crippen molar-refractivity contribution in [2.75, 3.05) is 6.54 Å². The highest BCUT2D eigenvalue weighted by Crippen LogP contribution is 2.29. The minimum Gasteiger partial charge on any atom is -0.350 e. The summed E-state index contributed by atoms with van der Waals surface area (Å²) in [7, 11) is -3.52. The Morgan fingerprint density at radius 2 is 1.69 bits per heavy atom. The Hall–Kier alpha value is -2.78. The largest absolute Gasteiger partial charge is 0.350 e. The van der Waals surface area contributed by atoms with Crippen LogP contribution in [-0.4, -0.2) is 37.8 Å². The SMILES string of the molecule is CC(NC(=O)C1CCC(CNS(=O)(=O)c2ccccc2)CC1)C(=O)NCc1ccncc1. The van der Waals surface area contributed by atoms with E-state index in [4.69, 9.17) is 0 Å². The Labute approximate surface area is 189 Å². The van der Waals surface area contributed by atoms with Crippen molar-refractivity contribution in [3.8, 4) is 0 Å². The molecule has 2 amide bonds. The fraction of sp³-hybridized carbons (Fsp3) is 0.435. The van der Waals surface area contributed by atoms with Gasteiger partial charge in [0.1, 0.15) is 6.04 Å². The van der Waals surface area contributed by atoms with E-state index in [9.17, 15) is 18.0 Å². The molecule has 0 aliphatic heterocycles. The molecule has 2 aromatic rings. The molecule has 1 fully saturated rings. The molecule has 3 rings (SSSR count). The van der Waals surface area contributed by atoms with Crippen molar-refractivity contribution in [1.29, 1.82) is 0 Å². The van der Waals surface area contributed by atoms with Crippen molar-refractivity contribution in [3.63, 3.8) is 0 Å². The van der Waals surface area contributed by atoms with Gasteiger partial charge in [0.05, 0.1) is 4.90 Å². The van der Waals surface area contributed by atoms with Gasteiger partial charge in [0.15, 0.2) is 0 Å². The van der Waals surface area contributed by atoms with Gasteiger partial charge in [-0.3, -0.25) is 14.6 Å². The van der Waals surface area contributed by atoms with Crippen molar-refractivity contribution in [1.82, 2.24) is 20.3 Å². The molecule has 1 saturated carbocycles. The zero-order valence-electron chi connectivity index (χ0n) is 18.2. The number of pyridine rings is 1. The Morgan fingerprint density at radius 1 is 1.03 bits per heavy atom. The summed E-state index contributed by atoms with van der Waals surface area (Å²) in [6.07, 6.45) is 6.20. The third-order valence-corrected chi connectivity index (χ3v) is 7.24. The summed E-state index contributed by atoms with van der Waals surface area (Å²) in [6.45, 7) is 2.41. The molecular weight excluding hydrogens is 428 g/mol. The molecule has 0 bridgehead atoms. The fourth-order valence-corrected chi connectivity index (χ4v) is 4.92. The maximum Gasteiger partial charge on any atom is 0.242 e.